The molecule has 2 atom stereocenters. The summed E-state index contributed by atoms with van der Waals surface area (Å²) in [4.78, 5) is 49.4. The number of carbonyl (C=O) groups excluding carboxylic acids is 4. The molecule has 4 amide bonds. The zero-order chi connectivity index (χ0) is 29.8. The lowest BCUT2D eigenvalue weighted by molar-refractivity contribution is -0.141. The van der Waals surface area contributed by atoms with Gasteiger partial charge in [-0.05, 0) is 52.7 Å². The molecule has 0 aromatic heterocycles. The van der Waals surface area contributed by atoms with Crippen molar-refractivity contribution in [2.75, 3.05) is 13.2 Å². The molecule has 2 rings (SSSR count). The number of benzene rings is 2. The van der Waals surface area contributed by atoms with Gasteiger partial charge in [0.2, 0.25) is 0 Å². The van der Waals surface area contributed by atoms with Gasteiger partial charge in [-0.3, -0.25) is 0 Å². The maximum absolute atomic E-state index is 12.4. The molecular formula is C30H40N4O6. The highest BCUT2D eigenvalue weighted by atomic mass is 16.5. The van der Waals surface area contributed by atoms with Crippen molar-refractivity contribution < 1.29 is 28.7 Å². The van der Waals surface area contributed by atoms with Crippen LogP contribution >= 0.6 is 0 Å². The highest BCUT2D eigenvalue weighted by molar-refractivity contribution is 5.91. The largest absolute Gasteiger partial charge is 0.460 e. The van der Waals surface area contributed by atoms with Crippen LogP contribution in [-0.4, -0.2) is 48.3 Å². The van der Waals surface area contributed by atoms with Gasteiger partial charge in [-0.25, -0.2) is 19.2 Å². The van der Waals surface area contributed by atoms with Crippen LogP contribution in [0.2, 0.25) is 0 Å². The maximum atomic E-state index is 12.4. The fourth-order valence-corrected chi connectivity index (χ4v) is 3.45. The van der Waals surface area contributed by atoms with E-state index >= 15 is 0 Å². The quantitative estimate of drug-likeness (QED) is 0.256. The van der Waals surface area contributed by atoms with Crippen LogP contribution in [0, 0.1) is 0 Å². The Kier molecular flexibility index (Phi) is 11.7. The number of rotatable bonds is 10. The van der Waals surface area contributed by atoms with Crippen LogP contribution in [0.15, 0.2) is 72.8 Å². The second-order valence-corrected chi connectivity index (χ2v) is 11.2. The van der Waals surface area contributed by atoms with E-state index in [1.807, 2.05) is 102 Å². The van der Waals surface area contributed by atoms with Crippen LogP contribution in [-0.2, 0) is 19.1 Å². The smallest absolute Gasteiger partial charge is 0.331 e. The normalized spacial score (nSPS) is 13.1. The van der Waals surface area contributed by atoms with E-state index in [0.29, 0.717) is 0 Å². The number of urea groups is 2. The topological polar surface area (TPSA) is 135 Å². The predicted octanol–water partition coefficient (Wildman–Crippen LogP) is 4.31. The van der Waals surface area contributed by atoms with E-state index < -0.39 is 47.2 Å². The third kappa shape index (κ3) is 12.9. The Hall–Kier alpha value is -4.34. The molecule has 0 radical (unpaired) electrons. The van der Waals surface area contributed by atoms with Gasteiger partial charge >= 0.3 is 24.0 Å². The lowest BCUT2D eigenvalue weighted by Gasteiger charge is -2.24. The SMILES string of the molecule is CC(C)(C)NC(=O)N[C@@H](COC(=O)/C=C/C(=O)OC[C@H](NC(=O)NC(C)(C)C)c1ccccc1)c1ccccc1. The molecule has 0 aliphatic rings. The van der Waals surface area contributed by atoms with Gasteiger partial charge in [-0.1, -0.05) is 60.7 Å². The van der Waals surface area contributed by atoms with Gasteiger partial charge in [-0.2, -0.15) is 0 Å². The van der Waals surface area contributed by atoms with Crippen molar-refractivity contribution in [3.8, 4) is 0 Å². The fourth-order valence-electron chi connectivity index (χ4n) is 3.45. The molecule has 216 valence electrons. The molecule has 0 bridgehead atoms. The van der Waals surface area contributed by atoms with Gasteiger partial charge in [0.05, 0.1) is 12.1 Å². The Bertz CT molecular complexity index is 1060. The molecule has 0 aliphatic carbocycles. The molecule has 0 spiro atoms. The summed E-state index contributed by atoms with van der Waals surface area (Å²) in [5, 5.41) is 11.2. The molecule has 10 heteroatoms. The summed E-state index contributed by atoms with van der Waals surface area (Å²) in [7, 11) is 0. The summed E-state index contributed by atoms with van der Waals surface area (Å²) in [5.41, 5.74) is 0.600. The highest BCUT2D eigenvalue weighted by Gasteiger charge is 2.21. The van der Waals surface area contributed by atoms with Crippen LogP contribution in [0.4, 0.5) is 9.59 Å². The first-order valence-electron chi connectivity index (χ1n) is 13.0. The number of esters is 2. The van der Waals surface area contributed by atoms with Gasteiger partial charge in [-0.15, -0.1) is 0 Å². The molecule has 2 aromatic carbocycles. The predicted molar refractivity (Wildman–Crippen MR) is 152 cm³/mol. The molecule has 2 aromatic rings. The Morgan fingerprint density at radius 3 is 1.25 bits per heavy atom. The molecule has 0 aliphatic heterocycles. The number of hydrogen-bond acceptors (Lipinski definition) is 6. The van der Waals surface area contributed by atoms with E-state index in [1.165, 1.54) is 0 Å². The summed E-state index contributed by atoms with van der Waals surface area (Å²) in [6.45, 7) is 10.8. The van der Waals surface area contributed by atoms with Gasteiger partial charge in [0.15, 0.2) is 0 Å². The van der Waals surface area contributed by atoms with E-state index in [0.717, 1.165) is 23.3 Å². The van der Waals surface area contributed by atoms with Crippen molar-refractivity contribution in [2.24, 2.45) is 0 Å². The van der Waals surface area contributed by atoms with Gasteiger partial charge < -0.3 is 30.7 Å². The van der Waals surface area contributed by atoms with Crippen LogP contribution in [0.25, 0.3) is 0 Å². The zero-order valence-electron chi connectivity index (χ0n) is 23.9. The second-order valence-electron chi connectivity index (χ2n) is 11.2. The van der Waals surface area contributed by atoms with E-state index in [1.54, 1.807) is 0 Å². The van der Waals surface area contributed by atoms with E-state index in [9.17, 15) is 19.2 Å². The minimum absolute atomic E-state index is 0.150. The average Bonchev–Trinajstić information content (AvgIpc) is 2.86. The van der Waals surface area contributed by atoms with E-state index in [4.69, 9.17) is 9.47 Å². The van der Waals surface area contributed by atoms with Crippen molar-refractivity contribution in [1.29, 1.82) is 0 Å². The number of amides is 4. The molecule has 0 heterocycles. The minimum atomic E-state index is -0.779. The number of carbonyl (C=O) groups is 4. The first-order valence-corrected chi connectivity index (χ1v) is 13.0. The zero-order valence-corrected chi connectivity index (χ0v) is 23.9. The lowest BCUT2D eigenvalue weighted by Crippen LogP contribution is -2.48. The van der Waals surface area contributed by atoms with Crippen LogP contribution in [0.1, 0.15) is 64.8 Å². The Labute approximate surface area is 235 Å². The fraction of sp³-hybridized carbons (Fsp3) is 0.400. The first kappa shape index (κ1) is 31.9. The molecule has 0 saturated heterocycles. The van der Waals surface area contributed by atoms with Crippen molar-refractivity contribution in [3.05, 3.63) is 83.9 Å². The third-order valence-corrected chi connectivity index (χ3v) is 5.13. The Morgan fingerprint density at radius 1 is 0.625 bits per heavy atom. The molecule has 0 fully saturated rings. The molecule has 0 saturated carbocycles. The molecule has 4 N–H and O–H groups in total. The van der Waals surface area contributed by atoms with Crippen LogP contribution in [0.3, 0.4) is 0 Å². The second kappa shape index (κ2) is 14.7. The van der Waals surface area contributed by atoms with E-state index in [2.05, 4.69) is 21.3 Å². The monoisotopic (exact) mass is 552 g/mol. The molecule has 10 nitrogen and oxygen atoms in total. The van der Waals surface area contributed by atoms with Crippen molar-refractivity contribution in [2.45, 2.75) is 64.7 Å². The van der Waals surface area contributed by atoms with Crippen molar-refractivity contribution >= 4 is 24.0 Å². The maximum Gasteiger partial charge on any atom is 0.331 e. The summed E-state index contributed by atoms with van der Waals surface area (Å²) in [6.07, 6.45) is 1.91. The summed E-state index contributed by atoms with van der Waals surface area (Å²) < 4.78 is 10.6. The van der Waals surface area contributed by atoms with Gasteiger partial charge in [0.1, 0.15) is 13.2 Å². The highest BCUT2D eigenvalue weighted by Crippen LogP contribution is 2.15. The van der Waals surface area contributed by atoms with E-state index in [-0.39, 0.29) is 13.2 Å². The van der Waals surface area contributed by atoms with Crippen molar-refractivity contribution in [3.63, 3.8) is 0 Å². The third-order valence-electron chi connectivity index (χ3n) is 5.13. The standard InChI is InChI=1S/C30H40N4O6/c1-29(2,3)33-27(37)31-23(21-13-9-7-10-14-21)19-39-25(35)17-18-26(36)40-20-24(22-15-11-8-12-16-22)32-28(38)34-30(4,5)6/h7-18,23-24H,19-20H2,1-6H3,(H2,31,33,37)(H2,32,34,38)/b18-17+/t23-,24-/m0/s1. The van der Waals surface area contributed by atoms with Crippen LogP contribution < -0.4 is 21.3 Å². The minimum Gasteiger partial charge on any atom is -0.460 e. The number of nitrogens with one attached hydrogen (secondary N) is 4. The van der Waals surface area contributed by atoms with Gasteiger partial charge in [0, 0.05) is 23.2 Å². The molecule has 40 heavy (non-hydrogen) atoms. The van der Waals surface area contributed by atoms with Gasteiger partial charge in [0.25, 0.3) is 0 Å². The Morgan fingerprint density at radius 2 is 0.950 bits per heavy atom. The lowest BCUT2D eigenvalue weighted by atomic mass is 10.1. The van der Waals surface area contributed by atoms with Crippen molar-refractivity contribution in [1.82, 2.24) is 21.3 Å². The van der Waals surface area contributed by atoms with Crippen LogP contribution in [0.5, 0.6) is 0 Å². The average molecular weight is 553 g/mol. The summed E-state index contributed by atoms with van der Waals surface area (Å²) >= 11 is 0. The number of ether oxygens (including phenoxy) is 2. The Balaban J connectivity index is 1.95. The summed E-state index contributed by atoms with van der Waals surface area (Å²) in [5.74, 6) is -1.56. The first-order chi connectivity index (χ1) is 18.7. The summed E-state index contributed by atoms with van der Waals surface area (Å²) in [6, 6.07) is 16.1. The molecule has 0 unspecified atom stereocenters. The number of hydrogen-bond donors (Lipinski definition) is 4. The molecular weight excluding hydrogens is 512 g/mol.